The van der Waals surface area contributed by atoms with Gasteiger partial charge in [0.1, 0.15) is 0 Å². The molecule has 3 atom stereocenters. The van der Waals surface area contributed by atoms with Crippen LogP contribution in [0.3, 0.4) is 0 Å². The van der Waals surface area contributed by atoms with Crippen molar-refractivity contribution < 1.29 is 0 Å². The number of hydrogen-bond donors (Lipinski definition) is 0. The molecule has 2 bridgehead atoms. The number of hydrogen-bond acceptors (Lipinski definition) is 5. The van der Waals surface area contributed by atoms with Crippen LogP contribution in [0.5, 0.6) is 0 Å². The van der Waals surface area contributed by atoms with Crippen molar-refractivity contribution in [1.29, 1.82) is 0 Å². The van der Waals surface area contributed by atoms with Crippen molar-refractivity contribution in [3.63, 3.8) is 0 Å². The molecule has 7 nitrogen and oxygen atoms in total. The molecule has 0 amide bonds. The maximum Gasteiger partial charge on any atom is 0.255 e. The van der Waals surface area contributed by atoms with Crippen molar-refractivity contribution in [2.75, 3.05) is 4.90 Å². The molecule has 2 aliphatic heterocycles. The largest absolute Gasteiger partial charge is 0.336 e. The summed E-state index contributed by atoms with van der Waals surface area (Å²) in [5.41, 5.74) is 3.85. The lowest BCUT2D eigenvalue weighted by molar-refractivity contribution is 0.336. The smallest absolute Gasteiger partial charge is 0.255 e. The van der Waals surface area contributed by atoms with Crippen LogP contribution in [-0.2, 0) is 7.05 Å². The van der Waals surface area contributed by atoms with Gasteiger partial charge in [-0.3, -0.25) is 14.3 Å². The van der Waals surface area contributed by atoms with Gasteiger partial charge >= 0.3 is 0 Å². The summed E-state index contributed by atoms with van der Waals surface area (Å²) in [5, 5.41) is 0. The zero-order valence-corrected chi connectivity index (χ0v) is 17.4. The number of pyridine rings is 1. The molecular weight excluding hydrogens is 388 g/mol. The number of benzene rings is 1. The minimum Gasteiger partial charge on any atom is -0.336 e. The lowest BCUT2D eigenvalue weighted by Gasteiger charge is -2.40. The predicted octanol–water partition coefficient (Wildman–Crippen LogP) is 3.56. The van der Waals surface area contributed by atoms with Crippen LogP contribution in [0, 0.1) is 0 Å². The summed E-state index contributed by atoms with van der Waals surface area (Å²) in [7, 11) is 1.83. The number of piperidine rings is 1. The highest BCUT2D eigenvalue weighted by Crippen LogP contribution is 2.43. The average molecular weight is 412 g/mol. The first kappa shape index (κ1) is 18.3. The number of anilines is 1. The van der Waals surface area contributed by atoms with E-state index in [4.69, 9.17) is 4.98 Å². The molecule has 4 aromatic rings. The van der Waals surface area contributed by atoms with E-state index in [2.05, 4.69) is 37.6 Å². The fourth-order valence-electron chi connectivity index (χ4n) is 5.40. The fourth-order valence-corrected chi connectivity index (χ4v) is 5.40. The van der Waals surface area contributed by atoms with Crippen LogP contribution in [0.2, 0.25) is 0 Å². The van der Waals surface area contributed by atoms with Crippen LogP contribution >= 0.6 is 0 Å². The second-order valence-corrected chi connectivity index (χ2v) is 8.63. The zero-order chi connectivity index (χ0) is 20.9. The summed E-state index contributed by atoms with van der Waals surface area (Å²) < 4.78 is 4.04. The number of rotatable bonds is 3. The van der Waals surface area contributed by atoms with Gasteiger partial charge in [-0.25, -0.2) is 9.97 Å². The molecule has 2 saturated heterocycles. The van der Waals surface area contributed by atoms with Gasteiger partial charge in [-0.05, 0) is 49.9 Å². The fraction of sp³-hybridized carbons (Fsp3) is 0.333. The topological polar surface area (TPSA) is 68.8 Å². The molecule has 1 aromatic carbocycles. The second-order valence-electron chi connectivity index (χ2n) is 8.63. The Morgan fingerprint density at radius 3 is 2.48 bits per heavy atom. The third kappa shape index (κ3) is 2.95. The van der Waals surface area contributed by atoms with Gasteiger partial charge in [0.15, 0.2) is 0 Å². The van der Waals surface area contributed by atoms with Crippen molar-refractivity contribution in [3.8, 4) is 11.3 Å². The quantitative estimate of drug-likeness (QED) is 0.515. The second kappa shape index (κ2) is 7.04. The van der Waals surface area contributed by atoms with E-state index in [1.165, 1.54) is 5.52 Å². The van der Waals surface area contributed by atoms with E-state index in [0.717, 1.165) is 42.7 Å². The van der Waals surface area contributed by atoms with Crippen molar-refractivity contribution >= 4 is 17.0 Å². The molecular formula is C24H24N6O. The van der Waals surface area contributed by atoms with Gasteiger partial charge in [-0.2, -0.15) is 0 Å². The summed E-state index contributed by atoms with van der Waals surface area (Å²) in [4.78, 5) is 28.8. The molecule has 0 N–H and O–H groups in total. The number of para-hydroxylation sites is 2. The lowest BCUT2D eigenvalue weighted by atomic mass is 9.97. The highest BCUT2D eigenvalue weighted by atomic mass is 16.1. The molecule has 0 radical (unpaired) electrons. The first-order valence-corrected chi connectivity index (χ1v) is 10.9. The standard InChI is InChI=1S/C24H24N6O/c1-28-23(31)14-21(16-8-10-25-11-9-16)27-24(28)30-17-6-7-18(30)13-19(12-17)29-15-26-20-4-2-3-5-22(20)29/h2-5,8-11,14-15,17-19H,6-7,12-13H2,1H3/t17-,18+,19?. The summed E-state index contributed by atoms with van der Waals surface area (Å²) in [6.45, 7) is 0. The maximum atomic E-state index is 12.8. The van der Waals surface area contributed by atoms with E-state index in [1.807, 2.05) is 31.6 Å². The average Bonchev–Trinajstić information content (AvgIpc) is 3.34. The zero-order valence-electron chi connectivity index (χ0n) is 17.4. The van der Waals surface area contributed by atoms with Crippen LogP contribution in [-0.4, -0.2) is 36.2 Å². The highest BCUT2D eigenvalue weighted by Gasteiger charge is 2.43. The highest BCUT2D eigenvalue weighted by molar-refractivity contribution is 5.75. The number of fused-ring (bicyclic) bond motifs is 3. The molecule has 2 fully saturated rings. The first-order chi connectivity index (χ1) is 15.2. The van der Waals surface area contributed by atoms with E-state index in [0.29, 0.717) is 23.8 Å². The van der Waals surface area contributed by atoms with Gasteiger partial charge in [-0.1, -0.05) is 12.1 Å². The van der Waals surface area contributed by atoms with Crippen LogP contribution in [0.25, 0.3) is 22.3 Å². The molecule has 6 rings (SSSR count). The SMILES string of the molecule is Cn1c(N2[C@@H]3CC[C@H]2CC(n2cnc4ccccc42)C3)nc(-c2ccncc2)cc1=O. The van der Waals surface area contributed by atoms with Gasteiger partial charge in [0.2, 0.25) is 5.95 Å². The van der Waals surface area contributed by atoms with Crippen LogP contribution in [0.1, 0.15) is 31.7 Å². The maximum absolute atomic E-state index is 12.8. The Morgan fingerprint density at radius 1 is 0.968 bits per heavy atom. The Bertz CT molecular complexity index is 1300. The van der Waals surface area contributed by atoms with Crippen molar-refractivity contribution in [2.45, 2.75) is 43.8 Å². The lowest BCUT2D eigenvalue weighted by Crippen LogP contribution is -2.46. The van der Waals surface area contributed by atoms with Crippen molar-refractivity contribution in [3.05, 3.63) is 71.5 Å². The summed E-state index contributed by atoms with van der Waals surface area (Å²) in [6, 6.07) is 14.9. The third-order valence-corrected chi connectivity index (χ3v) is 6.90. The third-order valence-electron chi connectivity index (χ3n) is 6.90. The normalized spacial score (nSPS) is 22.9. The van der Waals surface area contributed by atoms with E-state index in [-0.39, 0.29) is 5.56 Å². The summed E-state index contributed by atoms with van der Waals surface area (Å²) in [5.74, 6) is 0.778. The molecule has 0 saturated carbocycles. The molecule has 31 heavy (non-hydrogen) atoms. The Balaban J connectivity index is 1.36. The number of nitrogens with zero attached hydrogens (tertiary/aromatic N) is 6. The molecule has 3 aromatic heterocycles. The van der Waals surface area contributed by atoms with E-state index < -0.39 is 0 Å². The Morgan fingerprint density at radius 2 is 1.71 bits per heavy atom. The number of aromatic nitrogens is 5. The van der Waals surface area contributed by atoms with E-state index >= 15 is 0 Å². The van der Waals surface area contributed by atoms with E-state index in [1.54, 1.807) is 23.0 Å². The molecule has 7 heteroatoms. The van der Waals surface area contributed by atoms with Crippen molar-refractivity contribution in [1.82, 2.24) is 24.1 Å². The van der Waals surface area contributed by atoms with Crippen molar-refractivity contribution in [2.24, 2.45) is 7.05 Å². The molecule has 156 valence electrons. The van der Waals surface area contributed by atoms with Crippen LogP contribution in [0.15, 0.2) is 66.0 Å². The molecule has 0 spiro atoms. The first-order valence-electron chi connectivity index (χ1n) is 10.9. The predicted molar refractivity (Wildman–Crippen MR) is 120 cm³/mol. The van der Waals surface area contributed by atoms with Crippen LogP contribution < -0.4 is 10.5 Å². The minimum atomic E-state index is -0.0288. The monoisotopic (exact) mass is 412 g/mol. The van der Waals surface area contributed by atoms with Gasteiger partial charge < -0.3 is 9.47 Å². The Labute approximate surface area is 180 Å². The van der Waals surface area contributed by atoms with Crippen LogP contribution in [0.4, 0.5) is 5.95 Å². The van der Waals surface area contributed by atoms with Gasteiger partial charge in [0, 0.05) is 49.2 Å². The van der Waals surface area contributed by atoms with Gasteiger partial charge in [0.25, 0.3) is 5.56 Å². The summed E-state index contributed by atoms with van der Waals surface area (Å²) >= 11 is 0. The van der Waals surface area contributed by atoms with Gasteiger partial charge in [-0.15, -0.1) is 0 Å². The summed E-state index contributed by atoms with van der Waals surface area (Å²) in [6.07, 6.45) is 9.78. The van der Waals surface area contributed by atoms with Gasteiger partial charge in [0.05, 0.1) is 23.1 Å². The Hall–Kier alpha value is -3.48. The molecule has 2 aliphatic rings. The molecule has 1 unspecified atom stereocenters. The minimum absolute atomic E-state index is 0.0288. The van der Waals surface area contributed by atoms with E-state index in [9.17, 15) is 4.79 Å². The molecule has 5 heterocycles. The molecule has 0 aliphatic carbocycles. The number of imidazole rings is 1. The Kier molecular flexibility index (Phi) is 4.16.